The van der Waals surface area contributed by atoms with Crippen molar-refractivity contribution < 1.29 is 9.59 Å². The molecule has 0 heterocycles. The number of carbonyl (C=O) groups excluding carboxylic acids is 2. The van der Waals surface area contributed by atoms with Gasteiger partial charge >= 0.3 is 6.03 Å². The molecule has 0 saturated heterocycles. The van der Waals surface area contributed by atoms with Crippen LogP contribution in [-0.4, -0.2) is 17.8 Å². The molecule has 2 amide bonds. The second-order valence-electron chi connectivity index (χ2n) is 4.97. The fourth-order valence-electron chi connectivity index (χ4n) is 2.33. The summed E-state index contributed by atoms with van der Waals surface area (Å²) in [7, 11) is 0. The maximum Gasteiger partial charge on any atom is 0.344 e. The van der Waals surface area contributed by atoms with Gasteiger partial charge in [-0.3, -0.25) is 4.79 Å². The predicted molar refractivity (Wildman–Crippen MR) is 89.1 cm³/mol. The van der Waals surface area contributed by atoms with Crippen LogP contribution in [0.5, 0.6) is 0 Å². The Morgan fingerprint density at radius 3 is 2.22 bits per heavy atom. The highest BCUT2D eigenvalue weighted by Gasteiger charge is 2.20. The van der Waals surface area contributed by atoms with E-state index in [2.05, 4.69) is 10.3 Å². The molecule has 1 atom stereocenters. The first-order valence-electron chi connectivity index (χ1n) is 7.04. The molecule has 2 rings (SSSR count). The molecular formula is C17H18N4O2. The lowest BCUT2D eigenvalue weighted by molar-refractivity contribution is 0.101. The normalized spacial score (nSPS) is 11.3. The minimum Gasteiger partial charge on any atom is -0.370 e. The number of urea groups is 1. The van der Waals surface area contributed by atoms with Gasteiger partial charge in [0.2, 0.25) is 0 Å². The number of Topliss-reactive ketones (excluding diaryl/α,β-unsaturated/α-hetero) is 1. The first kappa shape index (κ1) is 16.2. The summed E-state index contributed by atoms with van der Waals surface area (Å²) >= 11 is 0. The highest BCUT2D eigenvalue weighted by Crippen LogP contribution is 2.25. The summed E-state index contributed by atoms with van der Waals surface area (Å²) in [6.45, 7) is 1.48. The van der Waals surface area contributed by atoms with Gasteiger partial charge in [-0.25, -0.2) is 4.79 Å². The molecule has 118 valence electrons. The molecule has 0 radical (unpaired) electrons. The lowest BCUT2D eigenvalue weighted by atomic mass is 9.93. The molecule has 2 aromatic carbocycles. The number of hydrogen-bond acceptors (Lipinski definition) is 2. The lowest BCUT2D eigenvalue weighted by Gasteiger charge is -2.20. The Balaban J connectivity index is 2.49. The number of nitrogens with two attached hydrogens (primary N) is 2. The Kier molecular flexibility index (Phi) is 5.09. The van der Waals surface area contributed by atoms with E-state index in [9.17, 15) is 9.59 Å². The van der Waals surface area contributed by atoms with E-state index in [4.69, 9.17) is 11.5 Å². The Hall–Kier alpha value is -3.15. The summed E-state index contributed by atoms with van der Waals surface area (Å²) in [5.41, 5.74) is 12.5. The average molecular weight is 310 g/mol. The highest BCUT2D eigenvalue weighted by atomic mass is 16.2. The van der Waals surface area contributed by atoms with Gasteiger partial charge in [0, 0.05) is 5.56 Å². The standard InChI is InChI=1S/C17H18N4O2/c1-11(22)13-9-5-6-10-14(13)15(12-7-3-2-4-8-12)20-17(23)21-16(18)19/h2-10,15H,1H3,(H5,18,19,20,21,23). The molecule has 5 N–H and O–H groups in total. The first-order valence-corrected chi connectivity index (χ1v) is 7.04. The fourth-order valence-corrected chi connectivity index (χ4v) is 2.33. The van der Waals surface area contributed by atoms with Gasteiger partial charge in [-0.2, -0.15) is 4.99 Å². The van der Waals surface area contributed by atoms with E-state index in [1.165, 1.54) is 6.92 Å². The van der Waals surface area contributed by atoms with Gasteiger partial charge in [-0.1, -0.05) is 54.6 Å². The molecule has 0 aromatic heterocycles. The second-order valence-corrected chi connectivity index (χ2v) is 4.97. The van der Waals surface area contributed by atoms with Crippen molar-refractivity contribution >= 4 is 17.8 Å². The van der Waals surface area contributed by atoms with E-state index in [1.54, 1.807) is 18.2 Å². The molecule has 0 bridgehead atoms. The summed E-state index contributed by atoms with van der Waals surface area (Å²) in [6.07, 6.45) is 0. The van der Waals surface area contributed by atoms with Crippen molar-refractivity contribution in [2.45, 2.75) is 13.0 Å². The fraction of sp³-hybridized carbons (Fsp3) is 0.118. The molecule has 6 nitrogen and oxygen atoms in total. The van der Waals surface area contributed by atoms with Crippen molar-refractivity contribution in [2.75, 3.05) is 0 Å². The minimum atomic E-state index is -0.669. The SMILES string of the molecule is CC(=O)c1ccccc1C(NC(=O)N=C(N)N)c1ccccc1. The Morgan fingerprint density at radius 2 is 1.61 bits per heavy atom. The van der Waals surface area contributed by atoms with Crippen molar-refractivity contribution in [3.8, 4) is 0 Å². The zero-order valence-electron chi connectivity index (χ0n) is 12.7. The van der Waals surface area contributed by atoms with Crippen LogP contribution in [-0.2, 0) is 0 Å². The lowest BCUT2D eigenvalue weighted by Crippen LogP contribution is -2.32. The number of benzene rings is 2. The van der Waals surface area contributed by atoms with Crippen molar-refractivity contribution in [1.29, 1.82) is 0 Å². The third-order valence-electron chi connectivity index (χ3n) is 3.28. The van der Waals surface area contributed by atoms with Crippen LogP contribution >= 0.6 is 0 Å². The third kappa shape index (κ3) is 4.16. The van der Waals surface area contributed by atoms with E-state index in [0.29, 0.717) is 11.1 Å². The summed E-state index contributed by atoms with van der Waals surface area (Å²) in [4.78, 5) is 27.3. The van der Waals surface area contributed by atoms with Gasteiger partial charge in [-0.15, -0.1) is 0 Å². The van der Waals surface area contributed by atoms with E-state index in [1.807, 2.05) is 36.4 Å². The van der Waals surface area contributed by atoms with E-state index in [0.717, 1.165) is 5.56 Å². The van der Waals surface area contributed by atoms with Gasteiger partial charge in [0.15, 0.2) is 11.7 Å². The topological polar surface area (TPSA) is 111 Å². The van der Waals surface area contributed by atoms with Crippen LogP contribution in [0.15, 0.2) is 59.6 Å². The maximum absolute atomic E-state index is 11.9. The highest BCUT2D eigenvalue weighted by molar-refractivity contribution is 5.96. The molecule has 2 aromatic rings. The van der Waals surface area contributed by atoms with Crippen LogP contribution in [0.3, 0.4) is 0 Å². The molecule has 6 heteroatoms. The largest absolute Gasteiger partial charge is 0.370 e. The van der Waals surface area contributed by atoms with Crippen molar-refractivity contribution in [2.24, 2.45) is 16.5 Å². The van der Waals surface area contributed by atoms with Crippen molar-refractivity contribution in [3.63, 3.8) is 0 Å². The number of aliphatic imine (C=N–C) groups is 1. The Labute approximate surface area is 134 Å². The van der Waals surface area contributed by atoms with Crippen molar-refractivity contribution in [3.05, 3.63) is 71.3 Å². The van der Waals surface area contributed by atoms with Gasteiger partial charge in [0.1, 0.15) is 0 Å². The number of guanidine groups is 1. The number of ketones is 1. The van der Waals surface area contributed by atoms with Gasteiger partial charge in [0.25, 0.3) is 0 Å². The smallest absolute Gasteiger partial charge is 0.344 e. The Bertz CT molecular complexity index is 737. The summed E-state index contributed by atoms with van der Waals surface area (Å²) in [6, 6.07) is 15.2. The van der Waals surface area contributed by atoms with Crippen LogP contribution < -0.4 is 16.8 Å². The molecule has 0 aliphatic carbocycles. The monoisotopic (exact) mass is 310 g/mol. The first-order chi connectivity index (χ1) is 11.0. The number of amides is 2. The summed E-state index contributed by atoms with van der Waals surface area (Å²) in [5, 5.41) is 2.74. The average Bonchev–Trinajstić information content (AvgIpc) is 2.53. The van der Waals surface area contributed by atoms with Crippen LogP contribution in [0.4, 0.5) is 4.79 Å². The maximum atomic E-state index is 11.9. The van der Waals surface area contributed by atoms with Gasteiger partial charge in [0.05, 0.1) is 6.04 Å². The van der Waals surface area contributed by atoms with E-state index >= 15 is 0 Å². The zero-order chi connectivity index (χ0) is 16.8. The number of carbonyl (C=O) groups is 2. The van der Waals surface area contributed by atoms with Gasteiger partial charge in [-0.05, 0) is 18.1 Å². The Morgan fingerprint density at radius 1 is 1.00 bits per heavy atom. The minimum absolute atomic E-state index is 0.0855. The molecule has 1 unspecified atom stereocenters. The zero-order valence-corrected chi connectivity index (χ0v) is 12.7. The predicted octanol–water partition coefficient (Wildman–Crippen LogP) is 1.96. The van der Waals surface area contributed by atoms with Crippen LogP contribution in [0, 0.1) is 0 Å². The quantitative estimate of drug-likeness (QED) is 0.455. The van der Waals surface area contributed by atoms with Crippen LogP contribution in [0.1, 0.15) is 34.5 Å². The molecule has 0 aliphatic rings. The van der Waals surface area contributed by atoms with E-state index in [-0.39, 0.29) is 11.7 Å². The molecule has 23 heavy (non-hydrogen) atoms. The van der Waals surface area contributed by atoms with Gasteiger partial charge < -0.3 is 16.8 Å². The molecule has 0 spiro atoms. The molecule has 0 aliphatic heterocycles. The number of nitrogens with zero attached hydrogens (tertiary/aromatic N) is 1. The third-order valence-corrected chi connectivity index (χ3v) is 3.28. The van der Waals surface area contributed by atoms with Crippen LogP contribution in [0.2, 0.25) is 0 Å². The van der Waals surface area contributed by atoms with E-state index < -0.39 is 12.1 Å². The number of rotatable bonds is 4. The van der Waals surface area contributed by atoms with Crippen LogP contribution in [0.25, 0.3) is 0 Å². The molecule has 0 saturated carbocycles. The molecular weight excluding hydrogens is 292 g/mol. The summed E-state index contributed by atoms with van der Waals surface area (Å²) < 4.78 is 0. The summed E-state index contributed by atoms with van der Waals surface area (Å²) in [5.74, 6) is -0.410. The number of hydrogen-bond donors (Lipinski definition) is 3. The second kappa shape index (κ2) is 7.22. The molecule has 0 fully saturated rings. The van der Waals surface area contributed by atoms with Crippen molar-refractivity contribution in [1.82, 2.24) is 5.32 Å². The number of nitrogens with one attached hydrogen (secondary N) is 1.